The van der Waals surface area contributed by atoms with Gasteiger partial charge in [0.25, 0.3) is 0 Å². The van der Waals surface area contributed by atoms with Crippen LogP contribution < -0.4 is 10.1 Å². The van der Waals surface area contributed by atoms with Crippen LogP contribution in [0.2, 0.25) is 0 Å². The molecule has 1 N–H and O–H groups in total. The highest BCUT2D eigenvalue weighted by molar-refractivity contribution is 7.91. The molecular weight excluding hydrogens is 322 g/mol. The van der Waals surface area contributed by atoms with E-state index in [-0.39, 0.29) is 17.8 Å². The maximum Gasteiger partial charge on any atom is 0.179 e. The number of para-hydroxylation sites is 1. The van der Waals surface area contributed by atoms with Crippen LogP contribution in [0.5, 0.6) is 5.75 Å². The minimum Gasteiger partial charge on any atom is -0.492 e. The molecule has 1 aliphatic heterocycles. The maximum absolute atomic E-state index is 12.5. The van der Waals surface area contributed by atoms with Crippen molar-refractivity contribution in [3.63, 3.8) is 0 Å². The predicted octanol–water partition coefficient (Wildman–Crippen LogP) is 2.83. The predicted molar refractivity (Wildman–Crippen MR) is 95.1 cm³/mol. The molecule has 0 radical (unpaired) electrons. The van der Waals surface area contributed by atoms with E-state index in [1.165, 1.54) is 5.56 Å². The quantitative estimate of drug-likeness (QED) is 0.905. The molecule has 2 atom stereocenters. The number of sulfone groups is 1. The Hall–Kier alpha value is -1.85. The third kappa shape index (κ3) is 4.16. The molecular formula is C19H23NO3S. The maximum atomic E-state index is 12.5. The lowest BCUT2D eigenvalue weighted by Crippen LogP contribution is -2.43. The van der Waals surface area contributed by atoms with Crippen molar-refractivity contribution >= 4 is 9.84 Å². The van der Waals surface area contributed by atoms with Crippen LogP contribution in [-0.2, 0) is 16.3 Å². The van der Waals surface area contributed by atoms with Crippen LogP contribution in [0.25, 0.3) is 0 Å². The lowest BCUT2D eigenvalue weighted by atomic mass is 10.1. The number of hydrogen-bond acceptors (Lipinski definition) is 4. The van der Waals surface area contributed by atoms with E-state index in [2.05, 4.69) is 11.4 Å². The first-order valence-corrected chi connectivity index (χ1v) is 9.94. The Morgan fingerprint density at radius 2 is 1.83 bits per heavy atom. The van der Waals surface area contributed by atoms with Gasteiger partial charge in [-0.3, -0.25) is 0 Å². The summed E-state index contributed by atoms with van der Waals surface area (Å²) in [6, 6.07) is 16.7. The third-order valence-corrected chi connectivity index (χ3v) is 6.20. The molecule has 4 nitrogen and oxygen atoms in total. The van der Waals surface area contributed by atoms with Crippen LogP contribution >= 0.6 is 0 Å². The molecule has 2 aromatic carbocycles. The zero-order valence-corrected chi connectivity index (χ0v) is 14.6. The number of ether oxygens (including phenoxy) is 1. The van der Waals surface area contributed by atoms with E-state index in [1.54, 1.807) is 24.3 Å². The molecule has 128 valence electrons. The second kappa shape index (κ2) is 7.36. The monoisotopic (exact) mass is 345 g/mol. The van der Waals surface area contributed by atoms with Gasteiger partial charge in [-0.25, -0.2) is 8.42 Å². The highest BCUT2D eigenvalue weighted by atomic mass is 32.2. The average Bonchev–Trinajstić information content (AvgIpc) is 2.78. The van der Waals surface area contributed by atoms with Gasteiger partial charge >= 0.3 is 0 Å². The van der Waals surface area contributed by atoms with Crippen molar-refractivity contribution in [3.8, 4) is 5.75 Å². The molecule has 0 aliphatic carbocycles. The van der Waals surface area contributed by atoms with Crippen molar-refractivity contribution in [2.75, 3.05) is 12.4 Å². The minimum atomic E-state index is -3.28. The van der Waals surface area contributed by atoms with E-state index in [4.69, 9.17) is 4.74 Å². The zero-order valence-electron chi connectivity index (χ0n) is 13.8. The highest BCUT2D eigenvalue weighted by Crippen LogP contribution is 2.23. The molecule has 0 fully saturated rings. The van der Waals surface area contributed by atoms with Gasteiger partial charge in [-0.2, -0.15) is 0 Å². The van der Waals surface area contributed by atoms with Gasteiger partial charge in [-0.15, -0.1) is 0 Å². The molecule has 5 heteroatoms. The molecule has 0 spiro atoms. The van der Waals surface area contributed by atoms with Gasteiger partial charge < -0.3 is 10.1 Å². The van der Waals surface area contributed by atoms with E-state index in [0.29, 0.717) is 11.5 Å². The van der Waals surface area contributed by atoms with Gasteiger partial charge in [0.1, 0.15) is 12.4 Å². The second-order valence-electron chi connectivity index (χ2n) is 6.32. The summed E-state index contributed by atoms with van der Waals surface area (Å²) in [6.45, 7) is 2.48. The Morgan fingerprint density at radius 3 is 2.62 bits per heavy atom. The normalized spacial score (nSPS) is 19.0. The minimum absolute atomic E-state index is 0.0838. The van der Waals surface area contributed by atoms with Gasteiger partial charge in [0, 0.05) is 12.1 Å². The molecule has 0 saturated carbocycles. The first-order chi connectivity index (χ1) is 11.5. The van der Waals surface area contributed by atoms with Crippen LogP contribution in [0.1, 0.15) is 18.9 Å². The van der Waals surface area contributed by atoms with Gasteiger partial charge in [0.05, 0.1) is 10.6 Å². The van der Waals surface area contributed by atoms with Crippen molar-refractivity contribution in [2.24, 2.45) is 0 Å². The number of benzene rings is 2. The van der Waals surface area contributed by atoms with E-state index in [9.17, 15) is 8.42 Å². The van der Waals surface area contributed by atoms with Gasteiger partial charge in [-0.05, 0) is 43.5 Å². The standard InChI is InChI=1S/C19H23NO3S/c1-15(14-24(21,22)18-8-3-2-4-9-18)20-17-12-11-16-7-5-6-10-19(16)23-13-17/h2-10,15,17,20H,11-14H2,1H3. The molecule has 24 heavy (non-hydrogen) atoms. The molecule has 0 aromatic heterocycles. The molecule has 0 amide bonds. The van der Waals surface area contributed by atoms with Crippen LogP contribution in [0.15, 0.2) is 59.5 Å². The fraction of sp³-hybridized carbons (Fsp3) is 0.368. The smallest absolute Gasteiger partial charge is 0.179 e. The summed E-state index contributed by atoms with van der Waals surface area (Å²) in [5.41, 5.74) is 1.21. The first-order valence-electron chi connectivity index (χ1n) is 8.29. The van der Waals surface area contributed by atoms with Gasteiger partial charge in [-0.1, -0.05) is 36.4 Å². The SMILES string of the molecule is CC(CS(=O)(=O)c1ccccc1)NC1CCc2ccccc2OC1. The summed E-state index contributed by atoms with van der Waals surface area (Å²) in [5.74, 6) is 1.02. The summed E-state index contributed by atoms with van der Waals surface area (Å²) in [7, 11) is -3.28. The fourth-order valence-corrected chi connectivity index (χ4v) is 4.61. The molecule has 2 unspecified atom stereocenters. The zero-order chi connectivity index (χ0) is 17.0. The van der Waals surface area contributed by atoms with Crippen molar-refractivity contribution in [1.82, 2.24) is 5.32 Å². The molecule has 0 saturated heterocycles. The Bertz CT molecular complexity index is 747. The van der Waals surface area contributed by atoms with Crippen molar-refractivity contribution in [3.05, 3.63) is 60.2 Å². The van der Waals surface area contributed by atoms with E-state index < -0.39 is 9.84 Å². The molecule has 1 aliphatic rings. The van der Waals surface area contributed by atoms with Crippen LogP contribution in [0, 0.1) is 0 Å². The van der Waals surface area contributed by atoms with Crippen LogP contribution in [-0.4, -0.2) is 32.9 Å². The highest BCUT2D eigenvalue weighted by Gasteiger charge is 2.22. The number of nitrogens with one attached hydrogen (secondary N) is 1. The summed E-state index contributed by atoms with van der Waals surface area (Å²) in [6.07, 6.45) is 1.87. The lowest BCUT2D eigenvalue weighted by Gasteiger charge is -2.21. The first kappa shape index (κ1) is 17.0. The Morgan fingerprint density at radius 1 is 1.12 bits per heavy atom. The van der Waals surface area contributed by atoms with Crippen molar-refractivity contribution < 1.29 is 13.2 Å². The molecule has 0 bridgehead atoms. The fourth-order valence-electron chi connectivity index (χ4n) is 3.09. The van der Waals surface area contributed by atoms with Crippen molar-refractivity contribution in [1.29, 1.82) is 0 Å². The number of rotatable bonds is 5. The Balaban J connectivity index is 1.59. The number of aryl methyl sites for hydroxylation is 1. The van der Waals surface area contributed by atoms with Gasteiger partial charge in [0.15, 0.2) is 9.84 Å². The Labute approximate surface area is 143 Å². The third-order valence-electron chi connectivity index (χ3n) is 4.27. The second-order valence-corrected chi connectivity index (χ2v) is 8.35. The Kier molecular flexibility index (Phi) is 5.21. The summed E-state index contributed by atoms with van der Waals surface area (Å²) in [5, 5.41) is 3.42. The van der Waals surface area contributed by atoms with E-state index in [1.807, 2.05) is 31.2 Å². The largest absolute Gasteiger partial charge is 0.492 e. The van der Waals surface area contributed by atoms with E-state index in [0.717, 1.165) is 18.6 Å². The van der Waals surface area contributed by atoms with Gasteiger partial charge in [0.2, 0.25) is 0 Å². The summed E-state index contributed by atoms with van der Waals surface area (Å²) in [4.78, 5) is 0.378. The topological polar surface area (TPSA) is 55.4 Å². The average molecular weight is 345 g/mol. The van der Waals surface area contributed by atoms with E-state index >= 15 is 0 Å². The van der Waals surface area contributed by atoms with Crippen LogP contribution in [0.4, 0.5) is 0 Å². The molecule has 3 rings (SSSR count). The molecule has 2 aromatic rings. The van der Waals surface area contributed by atoms with Crippen LogP contribution in [0.3, 0.4) is 0 Å². The summed E-state index contributed by atoms with van der Waals surface area (Å²) < 4.78 is 30.8. The summed E-state index contributed by atoms with van der Waals surface area (Å²) >= 11 is 0. The number of fused-ring (bicyclic) bond motifs is 1. The van der Waals surface area contributed by atoms with Crippen molar-refractivity contribution in [2.45, 2.75) is 36.7 Å². The lowest BCUT2D eigenvalue weighted by molar-refractivity contribution is 0.260. The number of hydrogen-bond donors (Lipinski definition) is 1. The molecule has 1 heterocycles.